The van der Waals surface area contributed by atoms with E-state index in [1.54, 1.807) is 16.8 Å². The number of benzene rings is 1. The molecule has 32 heavy (non-hydrogen) atoms. The zero-order valence-electron chi connectivity index (χ0n) is 19.3. The maximum absolute atomic E-state index is 13.1. The Labute approximate surface area is 190 Å². The van der Waals surface area contributed by atoms with Crippen molar-refractivity contribution >= 4 is 11.6 Å². The third-order valence-corrected chi connectivity index (χ3v) is 5.79. The summed E-state index contributed by atoms with van der Waals surface area (Å²) in [5.74, 6) is -0.400. The molecular formula is C25H34N4O3. The van der Waals surface area contributed by atoms with Crippen molar-refractivity contribution in [2.75, 3.05) is 33.4 Å². The van der Waals surface area contributed by atoms with E-state index in [4.69, 9.17) is 4.74 Å². The van der Waals surface area contributed by atoms with Crippen molar-refractivity contribution in [3.8, 4) is 0 Å². The number of aromatic nitrogens is 1. The molecule has 172 valence electrons. The van der Waals surface area contributed by atoms with Gasteiger partial charge in [0.2, 0.25) is 0 Å². The van der Waals surface area contributed by atoms with Crippen LogP contribution in [0.5, 0.6) is 0 Å². The normalized spacial score (nSPS) is 15.2. The Bertz CT molecular complexity index is 1010. The molecule has 2 aromatic rings. The van der Waals surface area contributed by atoms with Crippen LogP contribution in [0.25, 0.3) is 5.70 Å². The van der Waals surface area contributed by atoms with Gasteiger partial charge in [-0.25, -0.2) is 0 Å². The summed E-state index contributed by atoms with van der Waals surface area (Å²) in [6.07, 6.45) is 2.72. The van der Waals surface area contributed by atoms with Gasteiger partial charge in [-0.15, -0.1) is 0 Å². The zero-order valence-corrected chi connectivity index (χ0v) is 19.3. The smallest absolute Gasteiger partial charge is 0.263 e. The maximum Gasteiger partial charge on any atom is 0.263 e. The summed E-state index contributed by atoms with van der Waals surface area (Å²) in [5, 5.41) is 5.91. The first-order valence-electron chi connectivity index (χ1n) is 11.2. The lowest BCUT2D eigenvalue weighted by atomic mass is 10.1. The van der Waals surface area contributed by atoms with E-state index in [0.717, 1.165) is 50.4 Å². The lowest BCUT2D eigenvalue weighted by molar-refractivity contribution is 0.0342. The van der Waals surface area contributed by atoms with Gasteiger partial charge in [0, 0.05) is 50.2 Å². The molecule has 7 nitrogen and oxygen atoms in total. The molecule has 0 saturated carbocycles. The van der Waals surface area contributed by atoms with Crippen LogP contribution in [0.4, 0.5) is 0 Å². The minimum absolute atomic E-state index is 0.113. The predicted molar refractivity (Wildman–Crippen MR) is 128 cm³/mol. The molecule has 0 radical (unpaired) electrons. The largest absolute Gasteiger partial charge is 0.383 e. The summed E-state index contributed by atoms with van der Waals surface area (Å²) in [7, 11) is 1.53. The lowest BCUT2D eigenvalue weighted by Crippen LogP contribution is -2.35. The summed E-state index contributed by atoms with van der Waals surface area (Å²) >= 11 is 0. The van der Waals surface area contributed by atoms with Crippen molar-refractivity contribution < 1.29 is 9.53 Å². The van der Waals surface area contributed by atoms with E-state index in [1.807, 2.05) is 12.1 Å². The summed E-state index contributed by atoms with van der Waals surface area (Å²) in [6.45, 7) is 12.9. The molecular weight excluding hydrogens is 404 g/mol. The number of amides is 1. The topological polar surface area (TPSA) is 75.6 Å². The van der Waals surface area contributed by atoms with Gasteiger partial charge >= 0.3 is 0 Å². The molecule has 3 rings (SSSR count). The molecule has 7 heteroatoms. The van der Waals surface area contributed by atoms with Crippen LogP contribution in [-0.4, -0.2) is 54.8 Å². The van der Waals surface area contributed by atoms with Crippen LogP contribution >= 0.6 is 0 Å². The first-order valence-corrected chi connectivity index (χ1v) is 11.2. The van der Waals surface area contributed by atoms with Crippen molar-refractivity contribution in [1.29, 1.82) is 0 Å². The number of pyridine rings is 1. The van der Waals surface area contributed by atoms with Crippen molar-refractivity contribution in [2.24, 2.45) is 0 Å². The first-order chi connectivity index (χ1) is 15.4. The number of morpholine rings is 1. The number of hydrogen-bond acceptors (Lipinski definition) is 5. The number of carbonyl (C=O) groups excluding carboxylic acids is 1. The van der Waals surface area contributed by atoms with Crippen LogP contribution in [0.15, 0.2) is 47.9 Å². The van der Waals surface area contributed by atoms with Gasteiger partial charge in [-0.1, -0.05) is 37.8 Å². The number of nitrogens with one attached hydrogen (secondary N) is 2. The van der Waals surface area contributed by atoms with E-state index < -0.39 is 5.91 Å². The van der Waals surface area contributed by atoms with Gasteiger partial charge in [-0.2, -0.15) is 0 Å². The molecule has 1 aromatic heterocycles. The van der Waals surface area contributed by atoms with Gasteiger partial charge in [0.15, 0.2) is 0 Å². The Hall–Kier alpha value is -2.90. The molecule has 0 aliphatic carbocycles. The molecule has 1 aliphatic heterocycles. The highest BCUT2D eigenvalue weighted by atomic mass is 16.5. The fourth-order valence-corrected chi connectivity index (χ4v) is 3.74. The molecule has 1 aliphatic rings. The van der Waals surface area contributed by atoms with E-state index in [9.17, 15) is 9.59 Å². The highest BCUT2D eigenvalue weighted by molar-refractivity contribution is 5.94. The van der Waals surface area contributed by atoms with Gasteiger partial charge in [-0.05, 0) is 30.5 Å². The van der Waals surface area contributed by atoms with Gasteiger partial charge in [0.1, 0.15) is 5.56 Å². The van der Waals surface area contributed by atoms with Gasteiger partial charge in [0.25, 0.3) is 11.5 Å². The second-order valence-corrected chi connectivity index (χ2v) is 8.30. The molecule has 1 fully saturated rings. The molecule has 0 bridgehead atoms. The second kappa shape index (κ2) is 11.1. The number of ether oxygens (including phenoxy) is 1. The van der Waals surface area contributed by atoms with E-state index in [0.29, 0.717) is 12.2 Å². The molecule has 2 N–H and O–H groups in total. The zero-order chi connectivity index (χ0) is 23.1. The molecule has 1 amide bonds. The van der Waals surface area contributed by atoms with Crippen LogP contribution in [0.3, 0.4) is 0 Å². The standard InChI is InChI=1S/C25H34N4O3/c1-5-18(2)27-19(3)22-14-23(24(30)26-4)25(31)29(17-22)16-21-8-6-7-20(13-21)15-28-9-11-32-12-10-28/h6-8,13-14,17-18,27H,3,5,9-12,15-16H2,1-2,4H3,(H,26,30). The van der Waals surface area contributed by atoms with Crippen molar-refractivity contribution in [3.05, 3.63) is 75.7 Å². The van der Waals surface area contributed by atoms with Crippen LogP contribution in [0, 0.1) is 0 Å². The Kier molecular flexibility index (Phi) is 8.25. The van der Waals surface area contributed by atoms with Crippen molar-refractivity contribution in [2.45, 2.75) is 39.4 Å². The highest BCUT2D eigenvalue weighted by Gasteiger charge is 2.16. The van der Waals surface area contributed by atoms with E-state index >= 15 is 0 Å². The maximum atomic E-state index is 13.1. The Balaban J connectivity index is 1.88. The van der Waals surface area contributed by atoms with Gasteiger partial charge in [0.05, 0.1) is 19.8 Å². The quantitative estimate of drug-likeness (QED) is 0.629. The summed E-state index contributed by atoms with van der Waals surface area (Å²) in [6, 6.07) is 10.1. The minimum atomic E-state index is -0.400. The number of hydrogen-bond donors (Lipinski definition) is 2. The van der Waals surface area contributed by atoms with E-state index in [2.05, 4.69) is 48.1 Å². The molecule has 1 atom stereocenters. The molecule has 1 aromatic carbocycles. The lowest BCUT2D eigenvalue weighted by Gasteiger charge is -2.26. The Morgan fingerprint density at radius 1 is 1.19 bits per heavy atom. The summed E-state index contributed by atoms with van der Waals surface area (Å²) in [5.41, 5.74) is 3.43. The number of carbonyl (C=O) groups is 1. The second-order valence-electron chi connectivity index (χ2n) is 8.30. The minimum Gasteiger partial charge on any atom is -0.383 e. The molecule has 1 unspecified atom stereocenters. The number of nitrogens with zero attached hydrogens (tertiary/aromatic N) is 2. The monoisotopic (exact) mass is 438 g/mol. The van der Waals surface area contributed by atoms with Crippen molar-refractivity contribution in [3.63, 3.8) is 0 Å². The van der Waals surface area contributed by atoms with Crippen LogP contribution < -0.4 is 16.2 Å². The Morgan fingerprint density at radius 2 is 1.88 bits per heavy atom. The van der Waals surface area contributed by atoms with Crippen LogP contribution in [0.2, 0.25) is 0 Å². The third kappa shape index (κ3) is 6.08. The molecule has 0 spiro atoms. The average molecular weight is 439 g/mol. The van der Waals surface area contributed by atoms with Gasteiger partial charge in [-0.3, -0.25) is 14.5 Å². The van der Waals surface area contributed by atoms with Crippen molar-refractivity contribution in [1.82, 2.24) is 20.1 Å². The SMILES string of the molecule is C=C(NC(C)CC)c1cc(C(=O)NC)c(=O)n(Cc2cccc(CN3CCOCC3)c2)c1. The third-order valence-electron chi connectivity index (χ3n) is 5.79. The Morgan fingerprint density at radius 3 is 2.53 bits per heavy atom. The fraction of sp³-hybridized carbons (Fsp3) is 0.440. The van der Waals surface area contributed by atoms with Crippen LogP contribution in [0.1, 0.15) is 47.3 Å². The predicted octanol–water partition coefficient (Wildman–Crippen LogP) is 2.45. The molecule has 2 heterocycles. The fourth-order valence-electron chi connectivity index (χ4n) is 3.74. The summed E-state index contributed by atoms with van der Waals surface area (Å²) < 4.78 is 7.02. The average Bonchev–Trinajstić information content (AvgIpc) is 2.80. The van der Waals surface area contributed by atoms with Gasteiger partial charge < -0.3 is 19.9 Å². The first kappa shape index (κ1) is 23.8. The molecule has 1 saturated heterocycles. The highest BCUT2D eigenvalue weighted by Crippen LogP contribution is 2.14. The van der Waals surface area contributed by atoms with E-state index in [-0.39, 0.29) is 17.2 Å². The number of rotatable bonds is 9. The summed E-state index contributed by atoms with van der Waals surface area (Å²) in [4.78, 5) is 27.8. The van der Waals surface area contributed by atoms with E-state index in [1.165, 1.54) is 12.6 Å². The van der Waals surface area contributed by atoms with Crippen LogP contribution in [-0.2, 0) is 17.8 Å².